The molecule has 1 saturated heterocycles. The minimum absolute atomic E-state index is 0.0715. The second kappa shape index (κ2) is 7.75. The first kappa shape index (κ1) is 18.7. The first-order chi connectivity index (χ1) is 13.6. The number of halogens is 1. The van der Waals surface area contributed by atoms with Crippen molar-refractivity contribution in [3.8, 4) is 0 Å². The maximum atomic E-state index is 13.0. The number of rotatable bonds is 5. The van der Waals surface area contributed by atoms with Crippen LogP contribution >= 0.6 is 11.6 Å². The van der Waals surface area contributed by atoms with E-state index in [9.17, 15) is 9.59 Å². The number of nitrogens with zero attached hydrogens (tertiary/aromatic N) is 4. The van der Waals surface area contributed by atoms with E-state index in [0.29, 0.717) is 56.5 Å². The lowest BCUT2D eigenvalue weighted by molar-refractivity contribution is -0.144. The van der Waals surface area contributed by atoms with Crippen LogP contribution in [-0.2, 0) is 16.1 Å². The third-order valence-corrected chi connectivity index (χ3v) is 5.76. The fraction of sp³-hybridized carbons (Fsp3) is 0.400. The molecule has 2 aliphatic rings. The Bertz CT molecular complexity index is 864. The first-order valence-electron chi connectivity index (χ1n) is 9.43. The Labute approximate surface area is 168 Å². The SMILES string of the molecule is O=C(NCc1ccccc1Cl)C1(C(=O)N2CCN(c3ncccn3)CC2)CC1. The van der Waals surface area contributed by atoms with Gasteiger partial charge in [0.2, 0.25) is 17.8 Å². The van der Waals surface area contributed by atoms with Crippen molar-refractivity contribution in [3.05, 3.63) is 53.3 Å². The van der Waals surface area contributed by atoms with E-state index in [1.165, 1.54) is 0 Å². The molecule has 8 heteroatoms. The number of hydrogen-bond acceptors (Lipinski definition) is 5. The molecule has 0 spiro atoms. The molecule has 0 radical (unpaired) electrons. The van der Waals surface area contributed by atoms with Crippen molar-refractivity contribution in [3.63, 3.8) is 0 Å². The summed E-state index contributed by atoms with van der Waals surface area (Å²) in [6.07, 6.45) is 4.62. The van der Waals surface area contributed by atoms with Crippen LogP contribution in [-0.4, -0.2) is 52.9 Å². The topological polar surface area (TPSA) is 78.4 Å². The molecule has 1 aliphatic heterocycles. The number of nitrogens with one attached hydrogen (secondary N) is 1. The molecule has 0 bridgehead atoms. The molecule has 1 aliphatic carbocycles. The molecule has 146 valence electrons. The van der Waals surface area contributed by atoms with Crippen molar-refractivity contribution >= 4 is 29.4 Å². The molecule has 1 saturated carbocycles. The van der Waals surface area contributed by atoms with Crippen LogP contribution in [0.1, 0.15) is 18.4 Å². The molecular formula is C20H22ClN5O2. The van der Waals surface area contributed by atoms with Crippen LogP contribution < -0.4 is 10.2 Å². The Morgan fingerprint density at radius 2 is 1.71 bits per heavy atom. The standard InChI is InChI=1S/C20H22ClN5O2/c21-16-5-2-1-4-15(16)14-24-17(27)20(6-7-20)18(28)25-10-12-26(13-11-25)19-22-8-3-9-23-19/h1-5,8-9H,6-7,10-14H2,(H,24,27). The Kier molecular flexibility index (Phi) is 5.17. The molecule has 2 fully saturated rings. The monoisotopic (exact) mass is 399 g/mol. The highest BCUT2D eigenvalue weighted by atomic mass is 35.5. The van der Waals surface area contributed by atoms with Gasteiger partial charge in [0.1, 0.15) is 5.41 Å². The van der Waals surface area contributed by atoms with Gasteiger partial charge in [-0.3, -0.25) is 9.59 Å². The highest BCUT2D eigenvalue weighted by molar-refractivity contribution is 6.31. The minimum Gasteiger partial charge on any atom is -0.351 e. The maximum absolute atomic E-state index is 13.0. The van der Waals surface area contributed by atoms with Crippen LogP contribution in [0.2, 0.25) is 5.02 Å². The molecular weight excluding hydrogens is 378 g/mol. The molecule has 0 unspecified atom stereocenters. The van der Waals surface area contributed by atoms with Gasteiger partial charge in [-0.15, -0.1) is 0 Å². The van der Waals surface area contributed by atoms with Crippen LogP contribution in [0, 0.1) is 5.41 Å². The molecule has 0 atom stereocenters. The molecule has 1 aromatic carbocycles. The number of amides is 2. The average Bonchev–Trinajstić information content (AvgIpc) is 3.55. The minimum atomic E-state index is -0.910. The second-order valence-electron chi connectivity index (χ2n) is 7.18. The lowest BCUT2D eigenvalue weighted by Gasteiger charge is -2.36. The van der Waals surface area contributed by atoms with E-state index in [1.54, 1.807) is 29.4 Å². The van der Waals surface area contributed by atoms with Gasteiger partial charge >= 0.3 is 0 Å². The number of aromatic nitrogens is 2. The first-order valence-corrected chi connectivity index (χ1v) is 9.81. The predicted molar refractivity (Wildman–Crippen MR) is 106 cm³/mol. The molecule has 2 aromatic rings. The summed E-state index contributed by atoms with van der Waals surface area (Å²) in [4.78, 5) is 38.2. The summed E-state index contributed by atoms with van der Waals surface area (Å²) >= 11 is 6.14. The number of hydrogen-bond donors (Lipinski definition) is 1. The number of carbonyl (C=O) groups is 2. The fourth-order valence-corrected chi connectivity index (χ4v) is 3.72. The zero-order valence-electron chi connectivity index (χ0n) is 15.5. The summed E-state index contributed by atoms with van der Waals surface area (Å²) in [7, 11) is 0. The summed E-state index contributed by atoms with van der Waals surface area (Å²) in [5.41, 5.74) is -0.0654. The van der Waals surface area contributed by atoms with Crippen molar-refractivity contribution < 1.29 is 9.59 Å². The van der Waals surface area contributed by atoms with E-state index in [1.807, 2.05) is 18.2 Å². The summed E-state index contributed by atoms with van der Waals surface area (Å²) in [6.45, 7) is 2.78. The van der Waals surface area contributed by atoms with Crippen molar-refractivity contribution in [1.29, 1.82) is 0 Å². The smallest absolute Gasteiger partial charge is 0.238 e. The molecule has 1 N–H and O–H groups in total. The van der Waals surface area contributed by atoms with Crippen molar-refractivity contribution in [1.82, 2.24) is 20.2 Å². The zero-order chi connectivity index (χ0) is 19.6. The Morgan fingerprint density at radius 3 is 2.36 bits per heavy atom. The Hall–Kier alpha value is -2.67. The summed E-state index contributed by atoms with van der Waals surface area (Å²) in [6, 6.07) is 9.16. The van der Waals surface area contributed by atoms with Crippen molar-refractivity contribution in [2.24, 2.45) is 5.41 Å². The number of piperazine rings is 1. The highest BCUT2D eigenvalue weighted by Crippen LogP contribution is 2.47. The van der Waals surface area contributed by atoms with Crippen LogP contribution in [0.4, 0.5) is 5.95 Å². The number of carbonyl (C=O) groups excluding carboxylic acids is 2. The molecule has 2 amide bonds. The van der Waals surface area contributed by atoms with Crippen molar-refractivity contribution in [2.45, 2.75) is 19.4 Å². The Balaban J connectivity index is 1.34. The quantitative estimate of drug-likeness (QED) is 0.776. The zero-order valence-corrected chi connectivity index (χ0v) is 16.2. The van der Waals surface area contributed by atoms with E-state index in [4.69, 9.17) is 11.6 Å². The third-order valence-electron chi connectivity index (χ3n) is 5.39. The van der Waals surface area contributed by atoms with Gasteiger partial charge < -0.3 is 15.1 Å². The second-order valence-corrected chi connectivity index (χ2v) is 7.59. The van der Waals surface area contributed by atoms with Gasteiger partial charge in [-0.25, -0.2) is 9.97 Å². The van der Waals surface area contributed by atoms with Crippen LogP contribution in [0.25, 0.3) is 0 Å². The molecule has 1 aromatic heterocycles. The normalized spacial score (nSPS) is 17.9. The lowest BCUT2D eigenvalue weighted by Crippen LogP contribution is -2.53. The summed E-state index contributed by atoms with van der Waals surface area (Å²) in [5.74, 6) is 0.400. The molecule has 28 heavy (non-hydrogen) atoms. The van der Waals surface area contributed by atoms with E-state index >= 15 is 0 Å². The molecule has 4 rings (SSSR count). The average molecular weight is 400 g/mol. The van der Waals surface area contributed by atoms with Gasteiger partial charge in [0.25, 0.3) is 0 Å². The lowest BCUT2D eigenvalue weighted by atomic mass is 10.0. The summed E-state index contributed by atoms with van der Waals surface area (Å²) < 4.78 is 0. The largest absolute Gasteiger partial charge is 0.351 e. The van der Waals surface area contributed by atoms with Gasteiger partial charge in [0, 0.05) is 50.1 Å². The maximum Gasteiger partial charge on any atom is 0.238 e. The van der Waals surface area contributed by atoms with E-state index in [-0.39, 0.29) is 11.8 Å². The van der Waals surface area contributed by atoms with Gasteiger partial charge in [-0.05, 0) is 30.5 Å². The van der Waals surface area contributed by atoms with Crippen LogP contribution in [0.15, 0.2) is 42.7 Å². The van der Waals surface area contributed by atoms with Gasteiger partial charge in [0.05, 0.1) is 0 Å². The third kappa shape index (κ3) is 3.67. The fourth-order valence-electron chi connectivity index (χ4n) is 3.52. The van der Waals surface area contributed by atoms with Crippen LogP contribution in [0.3, 0.4) is 0 Å². The predicted octanol–water partition coefficient (Wildman–Crippen LogP) is 1.88. The van der Waals surface area contributed by atoms with E-state index < -0.39 is 5.41 Å². The number of benzene rings is 1. The van der Waals surface area contributed by atoms with E-state index in [0.717, 1.165) is 5.56 Å². The van der Waals surface area contributed by atoms with E-state index in [2.05, 4.69) is 20.2 Å². The van der Waals surface area contributed by atoms with Gasteiger partial charge in [-0.2, -0.15) is 0 Å². The molecule has 2 heterocycles. The summed E-state index contributed by atoms with van der Waals surface area (Å²) in [5, 5.41) is 3.51. The van der Waals surface area contributed by atoms with Gasteiger partial charge in [0.15, 0.2) is 0 Å². The van der Waals surface area contributed by atoms with Gasteiger partial charge in [-0.1, -0.05) is 29.8 Å². The Morgan fingerprint density at radius 1 is 1.04 bits per heavy atom. The van der Waals surface area contributed by atoms with Crippen LogP contribution in [0.5, 0.6) is 0 Å². The molecule has 7 nitrogen and oxygen atoms in total. The highest BCUT2D eigenvalue weighted by Gasteiger charge is 2.58. The van der Waals surface area contributed by atoms with Crippen molar-refractivity contribution in [2.75, 3.05) is 31.1 Å². The number of anilines is 1.